The summed E-state index contributed by atoms with van der Waals surface area (Å²) in [5.74, 6) is -0.343. The Morgan fingerprint density at radius 3 is 2.38 bits per heavy atom. The van der Waals surface area contributed by atoms with Crippen molar-refractivity contribution in [2.75, 3.05) is 26.2 Å². The van der Waals surface area contributed by atoms with Crippen LogP contribution in [0.3, 0.4) is 0 Å². The number of hydrogen-bond donors (Lipinski definition) is 2. The number of rotatable bonds is 6. The number of likely N-dealkylation sites (tertiary alicyclic amines) is 1. The molecule has 0 aromatic carbocycles. The third kappa shape index (κ3) is 4.19. The molecule has 0 bridgehead atoms. The van der Waals surface area contributed by atoms with Crippen LogP contribution in [0.15, 0.2) is 0 Å². The zero-order chi connectivity index (χ0) is 15.3. The number of carbonyl (C=O) groups excluding carboxylic acids is 1. The summed E-state index contributed by atoms with van der Waals surface area (Å²) in [6.45, 7) is 6.19. The topological polar surface area (TPSA) is 69.6 Å². The van der Waals surface area contributed by atoms with Crippen molar-refractivity contribution in [3.05, 3.63) is 0 Å². The number of carbonyl (C=O) groups is 2. The van der Waals surface area contributed by atoms with Crippen LogP contribution in [-0.4, -0.2) is 48.1 Å². The van der Waals surface area contributed by atoms with Crippen LogP contribution in [0.5, 0.6) is 0 Å². The molecule has 5 heteroatoms. The monoisotopic (exact) mass is 296 g/mol. The standard InChI is InChI=1S/C16H28N2O3/c1-2-18-9-5-13(6-10-18)12-17-14(19)11-16(15(20)21)7-3-4-8-16/h13H,2-12H2,1H3,(H,17,19)(H,20,21). The van der Waals surface area contributed by atoms with Gasteiger partial charge in [-0.1, -0.05) is 19.8 Å². The minimum absolute atomic E-state index is 0.0859. The molecular formula is C16H28N2O3. The molecule has 0 aromatic heterocycles. The first kappa shape index (κ1) is 16.3. The highest BCUT2D eigenvalue weighted by molar-refractivity contribution is 5.85. The quantitative estimate of drug-likeness (QED) is 0.785. The molecule has 0 radical (unpaired) electrons. The van der Waals surface area contributed by atoms with Crippen molar-refractivity contribution in [1.82, 2.24) is 10.2 Å². The van der Waals surface area contributed by atoms with E-state index in [1.54, 1.807) is 0 Å². The molecule has 1 saturated heterocycles. The van der Waals surface area contributed by atoms with Crippen molar-refractivity contribution in [1.29, 1.82) is 0 Å². The van der Waals surface area contributed by atoms with Crippen molar-refractivity contribution in [2.45, 2.75) is 51.9 Å². The predicted octanol–water partition coefficient (Wildman–Crippen LogP) is 1.87. The van der Waals surface area contributed by atoms with E-state index >= 15 is 0 Å². The Kier molecular flexibility index (Phi) is 5.62. The SMILES string of the molecule is CCN1CCC(CNC(=O)CC2(C(=O)O)CCCC2)CC1. The van der Waals surface area contributed by atoms with Gasteiger partial charge in [0, 0.05) is 13.0 Å². The fourth-order valence-corrected chi connectivity index (χ4v) is 3.65. The number of carboxylic acid groups (broad SMARTS) is 1. The molecule has 1 aliphatic carbocycles. The first-order valence-electron chi connectivity index (χ1n) is 8.28. The van der Waals surface area contributed by atoms with Crippen molar-refractivity contribution < 1.29 is 14.7 Å². The van der Waals surface area contributed by atoms with E-state index in [2.05, 4.69) is 17.1 Å². The van der Waals surface area contributed by atoms with Gasteiger partial charge >= 0.3 is 5.97 Å². The lowest BCUT2D eigenvalue weighted by Crippen LogP contribution is -2.40. The van der Waals surface area contributed by atoms with Crippen LogP contribution in [0.1, 0.15) is 51.9 Å². The van der Waals surface area contributed by atoms with E-state index in [4.69, 9.17) is 0 Å². The van der Waals surface area contributed by atoms with Crippen LogP contribution in [0.2, 0.25) is 0 Å². The molecule has 1 aliphatic heterocycles. The summed E-state index contributed by atoms with van der Waals surface area (Å²) in [7, 11) is 0. The molecule has 0 unspecified atom stereocenters. The van der Waals surface area contributed by atoms with Gasteiger partial charge in [-0.2, -0.15) is 0 Å². The molecule has 2 N–H and O–H groups in total. The van der Waals surface area contributed by atoms with Crippen LogP contribution in [0.4, 0.5) is 0 Å². The maximum Gasteiger partial charge on any atom is 0.310 e. The molecule has 2 rings (SSSR count). The first-order valence-corrected chi connectivity index (χ1v) is 8.28. The van der Waals surface area contributed by atoms with E-state index in [9.17, 15) is 14.7 Å². The van der Waals surface area contributed by atoms with Gasteiger partial charge in [0.25, 0.3) is 0 Å². The first-order chi connectivity index (χ1) is 10.1. The Bertz CT molecular complexity index is 370. The fraction of sp³-hybridized carbons (Fsp3) is 0.875. The molecule has 0 spiro atoms. The van der Waals surface area contributed by atoms with Gasteiger partial charge in [0.2, 0.25) is 5.91 Å². The van der Waals surface area contributed by atoms with Gasteiger partial charge < -0.3 is 15.3 Å². The maximum absolute atomic E-state index is 12.1. The third-order valence-electron chi connectivity index (χ3n) is 5.26. The highest BCUT2D eigenvalue weighted by Crippen LogP contribution is 2.41. The summed E-state index contributed by atoms with van der Waals surface area (Å²) in [5.41, 5.74) is -0.796. The van der Waals surface area contributed by atoms with Crippen LogP contribution in [-0.2, 0) is 9.59 Å². The highest BCUT2D eigenvalue weighted by atomic mass is 16.4. The predicted molar refractivity (Wildman–Crippen MR) is 81.0 cm³/mol. The van der Waals surface area contributed by atoms with Crippen molar-refractivity contribution in [3.63, 3.8) is 0 Å². The van der Waals surface area contributed by atoms with Gasteiger partial charge in [0.15, 0.2) is 0 Å². The average Bonchev–Trinajstić information content (AvgIpc) is 2.95. The van der Waals surface area contributed by atoms with Gasteiger partial charge in [0.05, 0.1) is 5.41 Å². The van der Waals surface area contributed by atoms with Gasteiger partial charge in [0.1, 0.15) is 0 Å². The molecular weight excluding hydrogens is 268 g/mol. The molecule has 1 saturated carbocycles. The van der Waals surface area contributed by atoms with Gasteiger partial charge in [-0.15, -0.1) is 0 Å². The normalized spacial score (nSPS) is 23.1. The van der Waals surface area contributed by atoms with E-state index < -0.39 is 11.4 Å². The summed E-state index contributed by atoms with van der Waals surface area (Å²) >= 11 is 0. The largest absolute Gasteiger partial charge is 0.481 e. The molecule has 0 atom stereocenters. The Balaban J connectivity index is 1.73. The van der Waals surface area contributed by atoms with E-state index in [0.29, 0.717) is 25.3 Å². The van der Waals surface area contributed by atoms with Crippen LogP contribution < -0.4 is 5.32 Å². The second-order valence-corrected chi connectivity index (χ2v) is 6.65. The van der Waals surface area contributed by atoms with Gasteiger partial charge in [-0.25, -0.2) is 0 Å². The maximum atomic E-state index is 12.1. The van der Waals surface area contributed by atoms with Crippen LogP contribution >= 0.6 is 0 Å². The zero-order valence-electron chi connectivity index (χ0n) is 13.1. The van der Waals surface area contributed by atoms with Crippen molar-refractivity contribution >= 4 is 11.9 Å². The molecule has 120 valence electrons. The van der Waals surface area contributed by atoms with E-state index in [1.807, 2.05) is 0 Å². The smallest absolute Gasteiger partial charge is 0.310 e. The minimum atomic E-state index is -0.800. The van der Waals surface area contributed by atoms with Gasteiger partial charge in [-0.3, -0.25) is 9.59 Å². The summed E-state index contributed by atoms with van der Waals surface area (Å²) in [6.07, 6.45) is 5.53. The number of carboxylic acids is 1. The number of nitrogens with one attached hydrogen (secondary N) is 1. The molecule has 2 fully saturated rings. The Morgan fingerprint density at radius 1 is 1.24 bits per heavy atom. The Morgan fingerprint density at radius 2 is 1.86 bits per heavy atom. The number of aliphatic carboxylic acids is 1. The molecule has 1 heterocycles. The number of amides is 1. The van der Waals surface area contributed by atoms with Crippen molar-refractivity contribution in [3.8, 4) is 0 Å². The highest BCUT2D eigenvalue weighted by Gasteiger charge is 2.42. The van der Waals surface area contributed by atoms with E-state index in [1.165, 1.54) is 0 Å². The van der Waals surface area contributed by atoms with Crippen LogP contribution in [0.25, 0.3) is 0 Å². The number of piperidine rings is 1. The lowest BCUT2D eigenvalue weighted by atomic mass is 9.82. The molecule has 2 aliphatic rings. The molecule has 21 heavy (non-hydrogen) atoms. The van der Waals surface area contributed by atoms with Gasteiger partial charge in [-0.05, 0) is 51.2 Å². The summed E-state index contributed by atoms with van der Waals surface area (Å²) in [5, 5.41) is 12.4. The second-order valence-electron chi connectivity index (χ2n) is 6.65. The average molecular weight is 296 g/mol. The lowest BCUT2D eigenvalue weighted by Gasteiger charge is -2.31. The Labute approximate surface area is 127 Å². The minimum Gasteiger partial charge on any atom is -0.481 e. The fourth-order valence-electron chi connectivity index (χ4n) is 3.65. The summed E-state index contributed by atoms with van der Waals surface area (Å²) in [6, 6.07) is 0. The zero-order valence-corrected chi connectivity index (χ0v) is 13.1. The van der Waals surface area contributed by atoms with E-state index in [-0.39, 0.29) is 12.3 Å². The van der Waals surface area contributed by atoms with Crippen molar-refractivity contribution in [2.24, 2.45) is 11.3 Å². The summed E-state index contributed by atoms with van der Waals surface area (Å²) in [4.78, 5) is 26.0. The number of nitrogens with zero attached hydrogens (tertiary/aromatic N) is 1. The number of hydrogen-bond acceptors (Lipinski definition) is 3. The van der Waals surface area contributed by atoms with E-state index in [0.717, 1.165) is 45.3 Å². The molecule has 0 aromatic rings. The molecule has 5 nitrogen and oxygen atoms in total. The third-order valence-corrected chi connectivity index (χ3v) is 5.26. The summed E-state index contributed by atoms with van der Waals surface area (Å²) < 4.78 is 0. The second kappa shape index (κ2) is 7.25. The lowest BCUT2D eigenvalue weighted by molar-refractivity contribution is -0.151. The van der Waals surface area contributed by atoms with Crippen LogP contribution in [0, 0.1) is 11.3 Å². The molecule has 1 amide bonds. The Hall–Kier alpha value is -1.10.